The first-order valence-corrected chi connectivity index (χ1v) is 16.0. The van der Waals surface area contributed by atoms with Gasteiger partial charge in [0.2, 0.25) is 0 Å². The summed E-state index contributed by atoms with van der Waals surface area (Å²) in [6.45, 7) is 3.81. The number of nitrogens with one attached hydrogen (secondary N) is 3. The molecule has 13 heteroatoms. The second-order valence-electron chi connectivity index (χ2n) is 9.14. The standard InChI is InChI=1S/C30H27ClI2N4O5S/c1-3-40-29(39)26-17(2)35-30(43)36-27(26)21-9-4-5-10-24(21)41-16-25(38)37-34-14-19-12-22(32)28(23(33)13-19)42-15-18-7-6-8-20(31)11-18/h4-14,27H,3,15-16H2,1-2H3,(H,37,38)(H2,35,36,43)/t27-/m1/s1. The van der Waals surface area contributed by atoms with Crippen LogP contribution in [0.1, 0.15) is 36.6 Å². The van der Waals surface area contributed by atoms with Gasteiger partial charge in [0.15, 0.2) is 11.7 Å². The van der Waals surface area contributed by atoms with Gasteiger partial charge in [-0.1, -0.05) is 41.9 Å². The molecule has 3 aromatic rings. The lowest BCUT2D eigenvalue weighted by molar-refractivity contribution is -0.139. The van der Waals surface area contributed by atoms with Crippen molar-refractivity contribution in [2.24, 2.45) is 5.10 Å². The number of carbonyl (C=O) groups excluding carboxylic acids is 2. The lowest BCUT2D eigenvalue weighted by atomic mass is 9.95. The van der Waals surface area contributed by atoms with Crippen molar-refractivity contribution in [2.45, 2.75) is 26.5 Å². The summed E-state index contributed by atoms with van der Waals surface area (Å²) in [6.07, 6.45) is 1.55. The van der Waals surface area contributed by atoms with Gasteiger partial charge in [-0.05, 0) is 113 Å². The smallest absolute Gasteiger partial charge is 0.338 e. The van der Waals surface area contributed by atoms with E-state index in [1.807, 2.05) is 42.5 Å². The lowest BCUT2D eigenvalue weighted by Crippen LogP contribution is -2.45. The first-order valence-electron chi connectivity index (χ1n) is 13.0. The molecule has 0 spiro atoms. The molecule has 0 aromatic heterocycles. The molecule has 224 valence electrons. The Morgan fingerprint density at radius 1 is 1.09 bits per heavy atom. The van der Waals surface area contributed by atoms with Crippen molar-refractivity contribution in [3.8, 4) is 11.5 Å². The molecule has 0 saturated heterocycles. The molecule has 0 unspecified atom stereocenters. The number of nitrogens with zero attached hydrogens (tertiary/aromatic N) is 1. The van der Waals surface area contributed by atoms with Crippen LogP contribution in [-0.4, -0.2) is 36.4 Å². The highest BCUT2D eigenvalue weighted by Crippen LogP contribution is 2.34. The van der Waals surface area contributed by atoms with Gasteiger partial charge in [0.25, 0.3) is 5.91 Å². The third kappa shape index (κ3) is 9.03. The average Bonchev–Trinajstić information content (AvgIpc) is 2.95. The zero-order valence-corrected chi connectivity index (χ0v) is 29.0. The Labute approximate surface area is 287 Å². The fourth-order valence-corrected chi connectivity index (χ4v) is 6.80. The number of hydrazone groups is 1. The Balaban J connectivity index is 1.38. The normalized spacial score (nSPS) is 14.6. The number of halogens is 3. The number of hydrogen-bond acceptors (Lipinski definition) is 7. The van der Waals surface area contributed by atoms with Crippen molar-refractivity contribution < 1.29 is 23.8 Å². The largest absolute Gasteiger partial charge is 0.487 e. The first-order chi connectivity index (χ1) is 20.7. The van der Waals surface area contributed by atoms with Gasteiger partial charge in [-0.3, -0.25) is 4.79 Å². The SMILES string of the molecule is CCOC(=O)C1=C(C)NC(=S)N[C@@H]1c1ccccc1OCC(=O)NN=Cc1cc(I)c(OCc2cccc(Cl)c2)c(I)c1. The fourth-order valence-electron chi connectivity index (χ4n) is 4.19. The van der Waals surface area contributed by atoms with Crippen molar-refractivity contribution >= 4 is 92.2 Å². The first kappa shape index (κ1) is 33.0. The highest BCUT2D eigenvalue weighted by molar-refractivity contribution is 14.1. The predicted molar refractivity (Wildman–Crippen MR) is 186 cm³/mol. The maximum Gasteiger partial charge on any atom is 0.338 e. The molecular weight excluding hydrogens is 818 g/mol. The Kier molecular flexibility index (Phi) is 12.0. The summed E-state index contributed by atoms with van der Waals surface area (Å²) in [6, 6.07) is 17.8. The van der Waals surface area contributed by atoms with Gasteiger partial charge in [0.05, 0.1) is 31.6 Å². The van der Waals surface area contributed by atoms with E-state index in [1.54, 1.807) is 38.3 Å². The van der Waals surface area contributed by atoms with Crippen molar-refractivity contribution in [3.63, 3.8) is 0 Å². The number of amides is 1. The number of rotatable bonds is 11. The third-order valence-electron chi connectivity index (χ3n) is 6.05. The van der Waals surface area contributed by atoms with Crippen LogP contribution < -0.4 is 25.5 Å². The molecule has 1 atom stereocenters. The Bertz CT molecular complexity index is 1580. The van der Waals surface area contributed by atoms with Crippen LogP contribution in [0.4, 0.5) is 0 Å². The van der Waals surface area contributed by atoms with Crippen LogP contribution in [0.15, 0.2) is 77.0 Å². The highest BCUT2D eigenvalue weighted by Gasteiger charge is 2.32. The molecule has 1 aliphatic heterocycles. The highest BCUT2D eigenvalue weighted by atomic mass is 127. The minimum atomic E-state index is -0.618. The number of allylic oxidation sites excluding steroid dienone is 1. The number of para-hydroxylation sites is 1. The van der Waals surface area contributed by atoms with E-state index in [0.717, 1.165) is 24.0 Å². The van der Waals surface area contributed by atoms with Gasteiger partial charge in [-0.25, -0.2) is 10.2 Å². The summed E-state index contributed by atoms with van der Waals surface area (Å²) in [5.41, 5.74) is 5.84. The number of ether oxygens (including phenoxy) is 3. The monoisotopic (exact) mass is 844 g/mol. The molecule has 1 aliphatic rings. The molecule has 1 amide bonds. The number of thiocarbonyl (C=S) groups is 1. The molecule has 3 aromatic carbocycles. The van der Waals surface area contributed by atoms with E-state index in [2.05, 4.69) is 66.3 Å². The van der Waals surface area contributed by atoms with Crippen molar-refractivity contribution in [3.05, 3.63) is 101 Å². The zero-order valence-electron chi connectivity index (χ0n) is 23.1. The van der Waals surface area contributed by atoms with Crippen LogP contribution >= 0.6 is 69.0 Å². The molecule has 3 N–H and O–H groups in total. The van der Waals surface area contributed by atoms with E-state index >= 15 is 0 Å². The zero-order chi connectivity index (χ0) is 30.9. The predicted octanol–water partition coefficient (Wildman–Crippen LogP) is 6.01. The van der Waals surface area contributed by atoms with Crippen molar-refractivity contribution in [1.29, 1.82) is 0 Å². The molecule has 0 radical (unpaired) electrons. The van der Waals surface area contributed by atoms with Crippen molar-refractivity contribution in [1.82, 2.24) is 16.1 Å². The summed E-state index contributed by atoms with van der Waals surface area (Å²) in [7, 11) is 0. The maximum atomic E-state index is 12.7. The second-order valence-corrected chi connectivity index (χ2v) is 12.3. The topological polar surface area (TPSA) is 110 Å². The van der Waals surface area contributed by atoms with Gasteiger partial charge >= 0.3 is 5.97 Å². The van der Waals surface area contributed by atoms with E-state index in [0.29, 0.717) is 39.3 Å². The summed E-state index contributed by atoms with van der Waals surface area (Å²) in [5.74, 6) is 0.243. The van der Waals surface area contributed by atoms with E-state index in [4.69, 9.17) is 38.0 Å². The third-order valence-corrected chi connectivity index (χ3v) is 8.11. The van der Waals surface area contributed by atoms with Crippen LogP contribution in [0, 0.1) is 7.14 Å². The molecule has 0 bridgehead atoms. The van der Waals surface area contributed by atoms with Crippen LogP contribution in [0.3, 0.4) is 0 Å². The van der Waals surface area contributed by atoms with E-state index < -0.39 is 17.9 Å². The minimum Gasteiger partial charge on any atom is -0.487 e. The van der Waals surface area contributed by atoms with Crippen molar-refractivity contribution in [2.75, 3.05) is 13.2 Å². The Morgan fingerprint density at radius 3 is 2.56 bits per heavy atom. The van der Waals surface area contributed by atoms with Gasteiger partial charge in [-0.15, -0.1) is 0 Å². The second kappa shape index (κ2) is 15.7. The molecule has 0 saturated carbocycles. The van der Waals surface area contributed by atoms with Gasteiger partial charge < -0.3 is 24.8 Å². The van der Waals surface area contributed by atoms with E-state index in [-0.39, 0.29) is 13.2 Å². The molecule has 0 fully saturated rings. The molecule has 0 aliphatic carbocycles. The lowest BCUT2D eigenvalue weighted by Gasteiger charge is -2.30. The van der Waals surface area contributed by atoms with Crippen LogP contribution in [0.2, 0.25) is 5.02 Å². The van der Waals surface area contributed by atoms with E-state index in [9.17, 15) is 9.59 Å². The van der Waals surface area contributed by atoms with E-state index in [1.165, 1.54) is 0 Å². The molecule has 4 rings (SSSR count). The Hall–Kier alpha value is -2.95. The summed E-state index contributed by atoms with van der Waals surface area (Å²) < 4.78 is 18.9. The van der Waals surface area contributed by atoms with Gasteiger partial charge in [0.1, 0.15) is 18.1 Å². The average molecular weight is 845 g/mol. The number of hydrogen-bond donors (Lipinski definition) is 3. The molecule has 43 heavy (non-hydrogen) atoms. The maximum absolute atomic E-state index is 12.7. The number of carbonyl (C=O) groups is 2. The fraction of sp³-hybridized carbons (Fsp3) is 0.200. The summed E-state index contributed by atoms with van der Waals surface area (Å²) in [4.78, 5) is 25.3. The molecular formula is C30H27ClI2N4O5S. The quantitative estimate of drug-likeness (QED) is 0.0709. The van der Waals surface area contributed by atoms with Crippen LogP contribution in [0.5, 0.6) is 11.5 Å². The van der Waals surface area contributed by atoms with Crippen LogP contribution in [0.25, 0.3) is 0 Å². The summed E-state index contributed by atoms with van der Waals surface area (Å²) in [5, 5.41) is 11.2. The Morgan fingerprint density at radius 2 is 1.84 bits per heavy atom. The number of benzene rings is 3. The molecule has 1 heterocycles. The number of esters is 1. The molecule has 9 nitrogen and oxygen atoms in total. The minimum absolute atomic E-state index is 0.228. The summed E-state index contributed by atoms with van der Waals surface area (Å²) >= 11 is 15.8. The van der Waals surface area contributed by atoms with Gasteiger partial charge in [-0.2, -0.15) is 5.10 Å². The van der Waals surface area contributed by atoms with Gasteiger partial charge in [0, 0.05) is 16.3 Å². The van der Waals surface area contributed by atoms with Crippen LogP contribution in [-0.2, 0) is 20.9 Å².